The Balaban J connectivity index is 0.00000220. The lowest BCUT2D eigenvalue weighted by Crippen LogP contribution is -2.48. The summed E-state index contributed by atoms with van der Waals surface area (Å²) in [5, 5.41) is 3.44. The zero-order valence-electron chi connectivity index (χ0n) is 13.4. The van der Waals surface area contributed by atoms with Crippen LogP contribution < -0.4 is 5.32 Å². The number of aromatic nitrogens is 1. The molecule has 2 atom stereocenters. The number of guanidine groups is 1. The second kappa shape index (κ2) is 8.92. The van der Waals surface area contributed by atoms with Crippen molar-refractivity contribution in [2.45, 2.75) is 40.7 Å². The molecule has 0 spiro atoms. The van der Waals surface area contributed by atoms with E-state index >= 15 is 0 Å². The average molecular weight is 422 g/mol. The molecule has 2 heterocycles. The lowest BCUT2D eigenvalue weighted by molar-refractivity contribution is 0.208. The SMILES string of the molecule is CCNC(=NCc1scnc1C)N1CC(C)CC(C)C1.I. The summed E-state index contributed by atoms with van der Waals surface area (Å²) in [5.41, 5.74) is 3.01. The van der Waals surface area contributed by atoms with Crippen LogP contribution >= 0.6 is 35.3 Å². The van der Waals surface area contributed by atoms with Gasteiger partial charge in [-0.15, -0.1) is 35.3 Å². The van der Waals surface area contributed by atoms with Crippen LogP contribution in [0.15, 0.2) is 10.5 Å². The van der Waals surface area contributed by atoms with Crippen molar-refractivity contribution in [3.05, 3.63) is 16.1 Å². The smallest absolute Gasteiger partial charge is 0.194 e. The maximum absolute atomic E-state index is 4.81. The summed E-state index contributed by atoms with van der Waals surface area (Å²) < 4.78 is 0. The van der Waals surface area contributed by atoms with Crippen molar-refractivity contribution in [2.24, 2.45) is 16.8 Å². The van der Waals surface area contributed by atoms with Crippen molar-refractivity contribution in [1.29, 1.82) is 0 Å². The third kappa shape index (κ3) is 5.39. The summed E-state index contributed by atoms with van der Waals surface area (Å²) >= 11 is 1.69. The van der Waals surface area contributed by atoms with Gasteiger partial charge in [-0.3, -0.25) is 0 Å². The Kier molecular flexibility index (Phi) is 7.94. The lowest BCUT2D eigenvalue weighted by atomic mass is 9.92. The minimum atomic E-state index is 0. The molecule has 0 bridgehead atoms. The van der Waals surface area contributed by atoms with Crippen LogP contribution in [0, 0.1) is 18.8 Å². The second-order valence-corrected chi connectivity index (χ2v) is 6.82. The first-order valence-corrected chi connectivity index (χ1v) is 8.40. The summed E-state index contributed by atoms with van der Waals surface area (Å²) in [7, 11) is 0. The molecule has 1 N–H and O–H groups in total. The highest BCUT2D eigenvalue weighted by Crippen LogP contribution is 2.21. The van der Waals surface area contributed by atoms with E-state index in [4.69, 9.17) is 4.99 Å². The average Bonchev–Trinajstić information content (AvgIpc) is 2.79. The number of aliphatic imine (C=N–C) groups is 1. The van der Waals surface area contributed by atoms with E-state index in [1.807, 2.05) is 5.51 Å². The van der Waals surface area contributed by atoms with Crippen LogP contribution in [0.25, 0.3) is 0 Å². The third-order valence-corrected chi connectivity index (χ3v) is 4.64. The van der Waals surface area contributed by atoms with Crippen molar-refractivity contribution in [3.8, 4) is 0 Å². The first kappa shape index (κ1) is 18.7. The molecule has 2 unspecified atom stereocenters. The predicted molar refractivity (Wildman–Crippen MR) is 102 cm³/mol. The van der Waals surface area contributed by atoms with E-state index in [0.717, 1.165) is 49.7 Å². The number of hydrogen-bond donors (Lipinski definition) is 1. The molecule has 21 heavy (non-hydrogen) atoms. The largest absolute Gasteiger partial charge is 0.357 e. The molecule has 1 saturated heterocycles. The highest BCUT2D eigenvalue weighted by atomic mass is 127. The normalized spacial score (nSPS) is 22.9. The van der Waals surface area contributed by atoms with E-state index in [1.54, 1.807) is 11.3 Å². The van der Waals surface area contributed by atoms with Crippen LogP contribution in [0.4, 0.5) is 0 Å². The molecule has 6 heteroatoms. The van der Waals surface area contributed by atoms with E-state index in [2.05, 4.69) is 42.9 Å². The second-order valence-electron chi connectivity index (χ2n) is 5.88. The first-order valence-electron chi connectivity index (χ1n) is 7.52. The Morgan fingerprint density at radius 3 is 2.62 bits per heavy atom. The molecule has 0 aromatic carbocycles. The summed E-state index contributed by atoms with van der Waals surface area (Å²) in [5.74, 6) is 2.54. The van der Waals surface area contributed by atoms with Crippen molar-refractivity contribution >= 4 is 41.3 Å². The van der Waals surface area contributed by atoms with Crippen LogP contribution in [-0.4, -0.2) is 35.5 Å². The molecule has 0 aliphatic carbocycles. The van der Waals surface area contributed by atoms with Crippen LogP contribution in [0.5, 0.6) is 0 Å². The van der Waals surface area contributed by atoms with Gasteiger partial charge in [0.2, 0.25) is 0 Å². The van der Waals surface area contributed by atoms with E-state index in [9.17, 15) is 0 Å². The van der Waals surface area contributed by atoms with Gasteiger partial charge >= 0.3 is 0 Å². The maximum Gasteiger partial charge on any atom is 0.194 e. The molecule has 0 radical (unpaired) electrons. The topological polar surface area (TPSA) is 40.5 Å². The fraction of sp³-hybridized carbons (Fsp3) is 0.733. The van der Waals surface area contributed by atoms with Gasteiger partial charge in [-0.1, -0.05) is 13.8 Å². The van der Waals surface area contributed by atoms with Gasteiger partial charge in [-0.25, -0.2) is 9.98 Å². The van der Waals surface area contributed by atoms with Crippen LogP contribution in [0.3, 0.4) is 0 Å². The lowest BCUT2D eigenvalue weighted by Gasteiger charge is -2.37. The Bertz CT molecular complexity index is 450. The summed E-state index contributed by atoms with van der Waals surface area (Å²) in [6.07, 6.45) is 1.32. The molecule has 2 rings (SSSR count). The van der Waals surface area contributed by atoms with E-state index < -0.39 is 0 Å². The number of piperidine rings is 1. The quantitative estimate of drug-likeness (QED) is 0.461. The van der Waals surface area contributed by atoms with Crippen LogP contribution in [0.2, 0.25) is 0 Å². The van der Waals surface area contributed by atoms with Gasteiger partial charge < -0.3 is 10.2 Å². The number of halogens is 1. The molecular weight excluding hydrogens is 395 g/mol. The summed E-state index contributed by atoms with van der Waals surface area (Å²) in [4.78, 5) is 12.8. The number of aryl methyl sites for hydroxylation is 1. The van der Waals surface area contributed by atoms with E-state index in [1.165, 1.54) is 11.3 Å². The number of nitrogens with one attached hydrogen (secondary N) is 1. The predicted octanol–water partition coefficient (Wildman–Crippen LogP) is 3.51. The van der Waals surface area contributed by atoms with Crippen molar-refractivity contribution < 1.29 is 0 Å². The van der Waals surface area contributed by atoms with Crippen LogP contribution in [0.1, 0.15) is 37.8 Å². The molecule has 0 saturated carbocycles. The monoisotopic (exact) mass is 422 g/mol. The summed E-state index contributed by atoms with van der Waals surface area (Å²) in [6.45, 7) is 12.7. The first-order chi connectivity index (χ1) is 9.60. The van der Waals surface area contributed by atoms with Gasteiger partial charge in [-0.2, -0.15) is 0 Å². The molecular formula is C15H27IN4S. The number of nitrogens with zero attached hydrogens (tertiary/aromatic N) is 3. The van der Waals surface area contributed by atoms with Crippen molar-refractivity contribution in [3.63, 3.8) is 0 Å². The highest BCUT2D eigenvalue weighted by molar-refractivity contribution is 14.0. The zero-order valence-corrected chi connectivity index (χ0v) is 16.6. The third-order valence-electron chi connectivity index (χ3n) is 3.72. The number of thiazole rings is 1. The molecule has 1 aliphatic heterocycles. The fourth-order valence-corrected chi connectivity index (χ4v) is 3.59. The van der Waals surface area contributed by atoms with Gasteiger partial charge in [0.05, 0.1) is 17.7 Å². The Morgan fingerprint density at radius 2 is 2.10 bits per heavy atom. The van der Waals surface area contributed by atoms with Gasteiger partial charge in [0, 0.05) is 24.5 Å². The van der Waals surface area contributed by atoms with Crippen molar-refractivity contribution in [1.82, 2.24) is 15.2 Å². The molecule has 1 fully saturated rings. The maximum atomic E-state index is 4.81. The van der Waals surface area contributed by atoms with E-state index in [0.29, 0.717) is 0 Å². The molecule has 1 aliphatic rings. The van der Waals surface area contributed by atoms with E-state index in [-0.39, 0.29) is 24.0 Å². The van der Waals surface area contributed by atoms with Crippen molar-refractivity contribution in [2.75, 3.05) is 19.6 Å². The molecule has 1 aromatic heterocycles. The molecule has 0 amide bonds. The van der Waals surface area contributed by atoms with Gasteiger partial charge in [-0.05, 0) is 32.1 Å². The standard InChI is InChI=1S/C15H26N4S.HI/c1-5-16-15(17-7-14-13(4)18-10-20-14)19-8-11(2)6-12(3)9-19;/h10-12H,5-9H2,1-4H3,(H,16,17);1H. The molecule has 1 aromatic rings. The Hall–Kier alpha value is -0.370. The molecule has 4 nitrogen and oxygen atoms in total. The fourth-order valence-electron chi connectivity index (χ4n) is 2.89. The zero-order chi connectivity index (χ0) is 14.5. The van der Waals surface area contributed by atoms with Gasteiger partial charge in [0.1, 0.15) is 0 Å². The minimum absolute atomic E-state index is 0. The number of rotatable bonds is 3. The molecule has 120 valence electrons. The van der Waals surface area contributed by atoms with Gasteiger partial charge in [0.15, 0.2) is 5.96 Å². The summed E-state index contributed by atoms with van der Waals surface area (Å²) in [6, 6.07) is 0. The van der Waals surface area contributed by atoms with Gasteiger partial charge in [0.25, 0.3) is 0 Å². The number of likely N-dealkylation sites (tertiary alicyclic amines) is 1. The number of hydrogen-bond acceptors (Lipinski definition) is 3. The Morgan fingerprint density at radius 1 is 1.43 bits per heavy atom. The highest BCUT2D eigenvalue weighted by Gasteiger charge is 2.23. The minimum Gasteiger partial charge on any atom is -0.357 e. The van der Waals surface area contributed by atoms with Crippen LogP contribution in [-0.2, 0) is 6.54 Å². The Labute approximate surface area is 149 Å².